The Hall–Kier alpha value is -4.73. The Morgan fingerprint density at radius 3 is 2.44 bits per heavy atom. The Bertz CT molecular complexity index is 2450. The lowest BCUT2D eigenvalue weighted by Crippen LogP contribution is -2.42. The van der Waals surface area contributed by atoms with E-state index in [4.69, 9.17) is 37.8 Å². The van der Waals surface area contributed by atoms with Crippen LogP contribution in [0.4, 0.5) is 5.69 Å². The molecule has 2 aliphatic rings. The third kappa shape index (κ3) is 5.48. The van der Waals surface area contributed by atoms with Crippen LogP contribution in [-0.2, 0) is 25.3 Å². The summed E-state index contributed by atoms with van der Waals surface area (Å²) >= 11 is 13.5. The molecule has 3 aromatic carbocycles. The van der Waals surface area contributed by atoms with Crippen LogP contribution < -0.4 is 9.64 Å². The molecule has 0 fully saturated rings. The second-order valence-electron chi connectivity index (χ2n) is 14.2. The van der Waals surface area contributed by atoms with Gasteiger partial charge in [0, 0.05) is 76.6 Å². The number of fused-ring (bicyclic) bond motifs is 4. The molecule has 1 amide bonds. The summed E-state index contributed by atoms with van der Waals surface area (Å²) in [7, 11) is 3.97. The number of carbonyl (C=O) groups is 1. The van der Waals surface area contributed by atoms with Crippen molar-refractivity contribution in [1.29, 1.82) is 0 Å². The predicted octanol–water partition coefficient (Wildman–Crippen LogP) is 9.08. The van der Waals surface area contributed by atoms with E-state index in [1.807, 2.05) is 68.7 Å². The predicted molar refractivity (Wildman–Crippen MR) is 210 cm³/mol. The molecule has 52 heavy (non-hydrogen) atoms. The molecule has 0 aliphatic carbocycles. The van der Waals surface area contributed by atoms with E-state index in [0.29, 0.717) is 55.8 Å². The third-order valence-corrected chi connectivity index (χ3v) is 11.6. The van der Waals surface area contributed by atoms with Crippen molar-refractivity contribution in [2.75, 3.05) is 31.2 Å². The highest BCUT2D eigenvalue weighted by atomic mass is 35.5. The highest BCUT2D eigenvalue weighted by Gasteiger charge is 2.37. The number of benzene rings is 3. The average molecular weight is 738 g/mol. The molecule has 1 atom stereocenters. The van der Waals surface area contributed by atoms with Gasteiger partial charge in [-0.1, -0.05) is 29.3 Å². The molecular formula is C41H42Cl2N6O3. The molecule has 268 valence electrons. The summed E-state index contributed by atoms with van der Waals surface area (Å²) < 4.78 is 18.3. The van der Waals surface area contributed by atoms with Crippen LogP contribution in [0.2, 0.25) is 10.0 Å². The number of carbonyl (C=O) groups excluding carboxylic acids is 1. The van der Waals surface area contributed by atoms with Gasteiger partial charge in [0.05, 0.1) is 35.1 Å². The van der Waals surface area contributed by atoms with Gasteiger partial charge >= 0.3 is 0 Å². The first-order valence-electron chi connectivity index (χ1n) is 17.8. The first kappa shape index (κ1) is 34.4. The van der Waals surface area contributed by atoms with E-state index >= 15 is 4.79 Å². The summed E-state index contributed by atoms with van der Waals surface area (Å²) in [4.78, 5) is 21.6. The van der Waals surface area contributed by atoms with Crippen molar-refractivity contribution in [3.63, 3.8) is 0 Å². The van der Waals surface area contributed by atoms with Crippen LogP contribution >= 0.6 is 23.2 Å². The van der Waals surface area contributed by atoms with Crippen molar-refractivity contribution in [2.45, 2.75) is 53.5 Å². The van der Waals surface area contributed by atoms with E-state index in [0.717, 1.165) is 83.0 Å². The number of hydrogen-bond donors (Lipinski definition) is 0. The zero-order chi connectivity index (χ0) is 36.6. The Labute approximate surface area is 313 Å². The highest BCUT2D eigenvalue weighted by molar-refractivity contribution is 6.35. The number of aryl methyl sites for hydroxylation is 6. The molecule has 0 N–H and O–H groups in total. The monoisotopic (exact) mass is 736 g/mol. The number of hydrogen-bond acceptors (Lipinski definition) is 5. The van der Waals surface area contributed by atoms with Crippen LogP contribution in [0.5, 0.6) is 5.75 Å². The molecule has 3 aromatic heterocycles. The molecule has 0 bridgehead atoms. The SMILES string of the molecule is Cc1cc(OCCCc2c3n(c4c(-c5c(C)nn(C)c5C)c(Cl)ccc24)[C@H](C)CN(c2cn(C)c4ccc(C5=NCCO5)cc24)C3=O)cc(C)c1Cl. The van der Waals surface area contributed by atoms with E-state index in [1.54, 1.807) is 0 Å². The molecule has 2 aliphatic heterocycles. The minimum atomic E-state index is -0.0595. The number of ether oxygens (including phenoxy) is 2. The maximum atomic E-state index is 15.1. The fraction of sp³-hybridized carbons (Fsp3) is 0.341. The zero-order valence-corrected chi connectivity index (χ0v) is 32.1. The Morgan fingerprint density at radius 2 is 1.75 bits per heavy atom. The molecule has 11 heteroatoms. The molecule has 5 heterocycles. The molecule has 0 radical (unpaired) electrons. The van der Waals surface area contributed by atoms with E-state index in [9.17, 15) is 0 Å². The van der Waals surface area contributed by atoms with Gasteiger partial charge in [0.15, 0.2) is 0 Å². The van der Waals surface area contributed by atoms with E-state index in [2.05, 4.69) is 52.4 Å². The van der Waals surface area contributed by atoms with Crippen molar-refractivity contribution >= 4 is 62.5 Å². The number of anilines is 1. The summed E-state index contributed by atoms with van der Waals surface area (Å²) in [5.74, 6) is 1.40. The van der Waals surface area contributed by atoms with Crippen molar-refractivity contribution in [3.8, 4) is 16.9 Å². The lowest BCUT2D eigenvalue weighted by molar-refractivity contribution is 0.0957. The molecule has 0 unspecified atom stereocenters. The summed E-state index contributed by atoms with van der Waals surface area (Å²) in [6.07, 6.45) is 3.40. The normalized spacial score (nSPS) is 15.9. The molecular weight excluding hydrogens is 695 g/mol. The van der Waals surface area contributed by atoms with Crippen molar-refractivity contribution in [1.82, 2.24) is 18.9 Å². The van der Waals surface area contributed by atoms with Crippen LogP contribution in [0, 0.1) is 27.7 Å². The van der Waals surface area contributed by atoms with Crippen molar-refractivity contribution in [2.24, 2.45) is 19.1 Å². The number of aromatic nitrogens is 4. The Morgan fingerprint density at radius 1 is 0.981 bits per heavy atom. The average Bonchev–Trinajstić information content (AvgIpc) is 3.89. The largest absolute Gasteiger partial charge is 0.494 e. The third-order valence-electron chi connectivity index (χ3n) is 10.7. The number of nitrogens with zero attached hydrogens (tertiary/aromatic N) is 6. The topological polar surface area (TPSA) is 78.8 Å². The van der Waals surface area contributed by atoms with E-state index < -0.39 is 0 Å². The van der Waals surface area contributed by atoms with Crippen LogP contribution in [0.25, 0.3) is 32.9 Å². The molecule has 0 saturated carbocycles. The van der Waals surface area contributed by atoms with Gasteiger partial charge in [-0.2, -0.15) is 5.10 Å². The fourth-order valence-electron chi connectivity index (χ4n) is 8.17. The van der Waals surface area contributed by atoms with Gasteiger partial charge in [-0.3, -0.25) is 9.48 Å². The lowest BCUT2D eigenvalue weighted by Gasteiger charge is -2.34. The molecule has 6 aromatic rings. The summed E-state index contributed by atoms with van der Waals surface area (Å²) in [6, 6.07) is 14.1. The number of amides is 1. The maximum Gasteiger partial charge on any atom is 0.275 e. The van der Waals surface area contributed by atoms with Gasteiger partial charge in [-0.25, -0.2) is 4.99 Å². The van der Waals surface area contributed by atoms with Crippen LogP contribution in [0.15, 0.2) is 53.7 Å². The second-order valence-corrected chi connectivity index (χ2v) is 15.0. The summed E-state index contributed by atoms with van der Waals surface area (Å²) in [5.41, 5.74) is 11.3. The van der Waals surface area contributed by atoms with E-state index in [-0.39, 0.29) is 11.9 Å². The Kier molecular flexibility index (Phi) is 8.62. The molecule has 8 rings (SSSR count). The number of halogens is 2. The van der Waals surface area contributed by atoms with Gasteiger partial charge in [0.1, 0.15) is 18.1 Å². The number of aliphatic imine (C=N–C) groups is 1. The van der Waals surface area contributed by atoms with Crippen LogP contribution in [0.1, 0.15) is 63.5 Å². The van der Waals surface area contributed by atoms with Crippen molar-refractivity contribution < 1.29 is 14.3 Å². The van der Waals surface area contributed by atoms with Gasteiger partial charge in [0.25, 0.3) is 5.91 Å². The minimum Gasteiger partial charge on any atom is -0.494 e. The maximum absolute atomic E-state index is 15.1. The summed E-state index contributed by atoms with van der Waals surface area (Å²) in [5, 5.41) is 8.14. The molecule has 9 nitrogen and oxygen atoms in total. The van der Waals surface area contributed by atoms with Gasteiger partial charge in [0.2, 0.25) is 5.90 Å². The second kappa shape index (κ2) is 13.0. The quantitative estimate of drug-likeness (QED) is 0.146. The molecule has 0 spiro atoms. The molecule has 0 saturated heterocycles. The van der Waals surface area contributed by atoms with Gasteiger partial charge < -0.3 is 23.5 Å². The van der Waals surface area contributed by atoms with Crippen molar-refractivity contribution in [3.05, 3.63) is 98.0 Å². The lowest BCUT2D eigenvalue weighted by atomic mass is 9.98. The first-order chi connectivity index (χ1) is 24.9. The minimum absolute atomic E-state index is 0.0387. The fourth-order valence-corrected chi connectivity index (χ4v) is 8.52. The Balaban J connectivity index is 1.26. The smallest absolute Gasteiger partial charge is 0.275 e. The highest BCUT2D eigenvalue weighted by Crippen LogP contribution is 2.46. The first-order valence-corrected chi connectivity index (χ1v) is 18.5. The zero-order valence-electron chi connectivity index (χ0n) is 30.6. The van der Waals surface area contributed by atoms with Crippen LogP contribution in [0.3, 0.4) is 0 Å². The number of rotatable bonds is 8. The van der Waals surface area contributed by atoms with Gasteiger partial charge in [-0.15, -0.1) is 0 Å². The van der Waals surface area contributed by atoms with Gasteiger partial charge in [-0.05, 0) is 101 Å². The van der Waals surface area contributed by atoms with E-state index in [1.165, 1.54) is 0 Å². The summed E-state index contributed by atoms with van der Waals surface area (Å²) in [6.45, 7) is 12.5. The standard InChI is InChI=1S/C41H42Cl2N6O3/c1-22-17-28(18-23(2)37(22)43)51-15-8-9-29-30-11-12-32(42)36(35-25(4)45-47(7)26(35)5)38(30)49-24(3)20-48(41(50)39(29)49)34-21-46(6)33-13-10-27(19-31(33)34)40-44-14-16-52-40/h10-13,17-19,21,24H,8-9,14-16,20H2,1-7H3/t24-/m1/s1. The van der Waals surface area contributed by atoms with Crippen LogP contribution in [-0.4, -0.2) is 57.0 Å².